The molecule has 0 aromatic rings. The highest BCUT2D eigenvalue weighted by Gasteiger charge is 2.18. The van der Waals surface area contributed by atoms with E-state index in [1.54, 1.807) is 14.0 Å². The molecule has 0 rings (SSSR count). The van der Waals surface area contributed by atoms with E-state index in [0.717, 1.165) is 6.42 Å². The van der Waals surface area contributed by atoms with E-state index in [1.807, 2.05) is 0 Å². The van der Waals surface area contributed by atoms with E-state index in [1.165, 1.54) is 0 Å². The fourth-order valence-corrected chi connectivity index (χ4v) is 1.59. The van der Waals surface area contributed by atoms with Gasteiger partial charge in [0.25, 0.3) is 0 Å². The van der Waals surface area contributed by atoms with Gasteiger partial charge in [-0.3, -0.25) is 15.1 Å². The average Bonchev–Trinajstić information content (AvgIpc) is 2.44. The number of rotatable bonds is 13. The van der Waals surface area contributed by atoms with Crippen LogP contribution in [0.3, 0.4) is 0 Å². The summed E-state index contributed by atoms with van der Waals surface area (Å²) in [7, 11) is 1.64. The number of esters is 1. The molecule has 21 heavy (non-hydrogen) atoms. The zero-order valence-electron chi connectivity index (χ0n) is 13.0. The molecule has 0 unspecified atom stereocenters. The van der Waals surface area contributed by atoms with Gasteiger partial charge in [0.15, 0.2) is 5.96 Å². The van der Waals surface area contributed by atoms with Crippen LogP contribution in [-0.4, -0.2) is 58.2 Å². The van der Waals surface area contributed by atoms with Crippen LogP contribution >= 0.6 is 0 Å². The van der Waals surface area contributed by atoms with E-state index in [9.17, 15) is 4.79 Å². The van der Waals surface area contributed by atoms with Crippen molar-refractivity contribution >= 4 is 11.9 Å². The van der Waals surface area contributed by atoms with Gasteiger partial charge in [-0.2, -0.15) is 0 Å². The normalized spacial score (nSPS) is 11.9. The molecule has 0 bridgehead atoms. The van der Waals surface area contributed by atoms with E-state index < -0.39 is 6.04 Å². The maximum Gasteiger partial charge on any atom is 0.323 e. The summed E-state index contributed by atoms with van der Waals surface area (Å²) in [6, 6.07) is -0.415. The van der Waals surface area contributed by atoms with Gasteiger partial charge in [0, 0.05) is 20.3 Å². The zero-order valence-corrected chi connectivity index (χ0v) is 13.0. The molecular formula is C13H28N4O4. The highest BCUT2D eigenvalue weighted by molar-refractivity contribution is 5.76. The molecule has 8 nitrogen and oxygen atoms in total. The van der Waals surface area contributed by atoms with Crippen molar-refractivity contribution in [2.24, 2.45) is 16.5 Å². The number of hydrogen-bond donors (Lipinski definition) is 3. The van der Waals surface area contributed by atoms with Gasteiger partial charge >= 0.3 is 5.97 Å². The van der Waals surface area contributed by atoms with Crippen molar-refractivity contribution in [1.29, 1.82) is 0 Å². The van der Waals surface area contributed by atoms with Crippen molar-refractivity contribution in [1.82, 2.24) is 5.32 Å². The molecular weight excluding hydrogens is 276 g/mol. The molecule has 0 aliphatic heterocycles. The first-order chi connectivity index (χ1) is 10.1. The molecule has 0 heterocycles. The Kier molecular flexibility index (Phi) is 12.7. The van der Waals surface area contributed by atoms with E-state index in [0.29, 0.717) is 39.2 Å². The third-order valence-electron chi connectivity index (χ3n) is 2.59. The molecule has 0 aliphatic rings. The average molecular weight is 304 g/mol. The Balaban J connectivity index is 3.97. The summed E-state index contributed by atoms with van der Waals surface area (Å²) in [5.41, 5.74) is 10.5. The van der Waals surface area contributed by atoms with Crippen LogP contribution in [0.25, 0.3) is 0 Å². The number of carbonyl (C=O) groups is 1. The number of carbonyl (C=O) groups excluding carboxylic acids is 1. The molecule has 0 aliphatic carbocycles. The highest BCUT2D eigenvalue weighted by Crippen LogP contribution is 2.01. The third-order valence-corrected chi connectivity index (χ3v) is 2.59. The molecule has 0 aromatic carbocycles. The topological polar surface area (TPSA) is 121 Å². The fraction of sp³-hybridized carbons (Fsp3) is 0.846. The van der Waals surface area contributed by atoms with Gasteiger partial charge in [0.05, 0.1) is 19.9 Å². The summed E-state index contributed by atoms with van der Waals surface area (Å²) in [5.74, 6) is -0.236. The number of nitrogens with zero attached hydrogens (tertiary/aromatic N) is 1. The second-order valence-electron chi connectivity index (χ2n) is 4.36. The van der Waals surface area contributed by atoms with Crippen molar-refractivity contribution < 1.29 is 19.0 Å². The molecule has 0 saturated heterocycles. The number of nitrogens with one attached hydrogen (secondary N) is 1. The minimum Gasteiger partial charge on any atom is -0.465 e. The Morgan fingerprint density at radius 2 is 2.05 bits per heavy atom. The number of ether oxygens (including phenoxy) is 3. The lowest BCUT2D eigenvalue weighted by molar-refractivity contribution is -0.146. The van der Waals surface area contributed by atoms with Gasteiger partial charge in [-0.05, 0) is 26.2 Å². The van der Waals surface area contributed by atoms with Crippen LogP contribution in [0, 0.1) is 0 Å². The van der Waals surface area contributed by atoms with E-state index in [-0.39, 0.29) is 18.7 Å². The smallest absolute Gasteiger partial charge is 0.323 e. The van der Waals surface area contributed by atoms with Gasteiger partial charge in [-0.1, -0.05) is 0 Å². The Hall–Kier alpha value is -1.38. The maximum atomic E-state index is 11.8. The SMILES string of the molecule is CCOC(=O)[C@H](CCCN=C(N)N)NCOCCCOC. The molecule has 8 heteroatoms. The summed E-state index contributed by atoms with van der Waals surface area (Å²) in [5, 5.41) is 3.02. The molecule has 0 fully saturated rings. The minimum absolute atomic E-state index is 0.0529. The third kappa shape index (κ3) is 12.1. The lowest BCUT2D eigenvalue weighted by Crippen LogP contribution is -2.39. The molecule has 0 radical (unpaired) electrons. The lowest BCUT2D eigenvalue weighted by Gasteiger charge is -2.17. The summed E-state index contributed by atoms with van der Waals surface area (Å²) < 4.78 is 15.3. The van der Waals surface area contributed by atoms with Gasteiger partial charge in [-0.25, -0.2) is 0 Å². The van der Waals surface area contributed by atoms with Crippen LogP contribution < -0.4 is 16.8 Å². The fourth-order valence-electron chi connectivity index (χ4n) is 1.59. The lowest BCUT2D eigenvalue weighted by atomic mass is 10.1. The Bertz CT molecular complexity index is 296. The minimum atomic E-state index is -0.415. The Labute approximate surface area is 126 Å². The molecule has 0 saturated carbocycles. The molecule has 0 spiro atoms. The largest absolute Gasteiger partial charge is 0.465 e. The monoisotopic (exact) mass is 304 g/mol. The predicted octanol–water partition coefficient (Wildman–Crippen LogP) is -0.428. The van der Waals surface area contributed by atoms with Crippen molar-refractivity contribution in [2.75, 3.05) is 40.2 Å². The predicted molar refractivity (Wildman–Crippen MR) is 80.8 cm³/mol. The number of guanidine groups is 1. The van der Waals surface area contributed by atoms with E-state index in [2.05, 4.69) is 10.3 Å². The molecule has 5 N–H and O–H groups in total. The first-order valence-electron chi connectivity index (χ1n) is 7.13. The van der Waals surface area contributed by atoms with Crippen LogP contribution in [0.2, 0.25) is 0 Å². The van der Waals surface area contributed by atoms with Crippen LogP contribution in [0.1, 0.15) is 26.2 Å². The molecule has 1 atom stereocenters. The highest BCUT2D eigenvalue weighted by atomic mass is 16.5. The molecule has 0 aromatic heterocycles. The maximum absolute atomic E-state index is 11.8. The van der Waals surface area contributed by atoms with Crippen LogP contribution in [0.5, 0.6) is 0 Å². The summed E-state index contributed by atoms with van der Waals surface area (Å²) >= 11 is 0. The van der Waals surface area contributed by atoms with Crippen LogP contribution in [-0.2, 0) is 19.0 Å². The van der Waals surface area contributed by atoms with Crippen LogP contribution in [0.4, 0.5) is 0 Å². The van der Waals surface area contributed by atoms with Crippen molar-refractivity contribution in [2.45, 2.75) is 32.2 Å². The van der Waals surface area contributed by atoms with Gasteiger partial charge in [0.1, 0.15) is 6.04 Å². The first-order valence-corrected chi connectivity index (χ1v) is 7.13. The van der Waals surface area contributed by atoms with E-state index >= 15 is 0 Å². The quantitative estimate of drug-likeness (QED) is 0.139. The molecule has 124 valence electrons. The van der Waals surface area contributed by atoms with Gasteiger partial charge in [-0.15, -0.1) is 0 Å². The van der Waals surface area contributed by atoms with Gasteiger partial charge < -0.3 is 25.7 Å². The van der Waals surface area contributed by atoms with Crippen molar-refractivity contribution in [3.63, 3.8) is 0 Å². The number of nitrogens with two attached hydrogens (primary N) is 2. The summed E-state index contributed by atoms with van der Waals surface area (Å²) in [4.78, 5) is 15.7. The summed E-state index contributed by atoms with van der Waals surface area (Å²) in [6.07, 6.45) is 2.07. The van der Waals surface area contributed by atoms with Crippen molar-refractivity contribution in [3.8, 4) is 0 Å². The second-order valence-corrected chi connectivity index (χ2v) is 4.36. The first kappa shape index (κ1) is 19.6. The van der Waals surface area contributed by atoms with Gasteiger partial charge in [0.2, 0.25) is 0 Å². The Morgan fingerprint density at radius 1 is 1.29 bits per heavy atom. The second kappa shape index (κ2) is 13.6. The summed E-state index contributed by atoms with van der Waals surface area (Å²) in [6.45, 7) is 4.11. The zero-order chi connectivity index (χ0) is 15.9. The number of aliphatic imine (C=N–C) groups is 1. The van der Waals surface area contributed by atoms with E-state index in [4.69, 9.17) is 25.7 Å². The Morgan fingerprint density at radius 3 is 2.67 bits per heavy atom. The number of hydrogen-bond acceptors (Lipinski definition) is 6. The van der Waals surface area contributed by atoms with Crippen LogP contribution in [0.15, 0.2) is 4.99 Å². The molecule has 0 amide bonds. The number of methoxy groups -OCH3 is 1. The standard InChI is InChI=1S/C13H28N4O4/c1-3-21-12(18)11(6-4-7-16-13(14)15)17-10-20-9-5-8-19-2/h11,17H,3-10H2,1-2H3,(H4,14,15,16)/t11-/m0/s1. The van der Waals surface area contributed by atoms with Crippen molar-refractivity contribution in [3.05, 3.63) is 0 Å².